The van der Waals surface area contributed by atoms with E-state index in [1.54, 1.807) is 0 Å². The Balaban J connectivity index is 1.97. The third kappa shape index (κ3) is 6.00. The van der Waals surface area contributed by atoms with Crippen LogP contribution in [0.3, 0.4) is 0 Å². The molecule has 0 amide bonds. The van der Waals surface area contributed by atoms with Crippen LogP contribution in [0.25, 0.3) is 0 Å². The van der Waals surface area contributed by atoms with E-state index in [0.717, 1.165) is 23.8 Å². The normalized spacial score (nSPS) is 21.1. The fourth-order valence-corrected chi connectivity index (χ4v) is 3.93. The van der Waals surface area contributed by atoms with E-state index in [9.17, 15) is 4.21 Å². The van der Waals surface area contributed by atoms with E-state index in [1.807, 2.05) is 7.05 Å². The smallest absolute Gasteiger partial charge is 0.0263 e. The zero-order valence-corrected chi connectivity index (χ0v) is 11.7. The van der Waals surface area contributed by atoms with Crippen molar-refractivity contribution < 1.29 is 4.21 Å². The second-order valence-electron chi connectivity index (χ2n) is 5.15. The van der Waals surface area contributed by atoms with Crippen LogP contribution in [0.4, 0.5) is 0 Å². The predicted octanol–water partition coefficient (Wildman–Crippen LogP) is 2.70. The van der Waals surface area contributed by atoms with Gasteiger partial charge in [0, 0.05) is 28.3 Å². The number of unbranched alkanes of at least 4 members (excludes halogenated alkanes) is 1. The molecular formula is C13H27NOS. The van der Waals surface area contributed by atoms with Crippen molar-refractivity contribution in [1.82, 2.24) is 5.32 Å². The Kier molecular flexibility index (Phi) is 7.30. The molecule has 96 valence electrons. The minimum atomic E-state index is -0.547. The molecule has 1 aliphatic carbocycles. The summed E-state index contributed by atoms with van der Waals surface area (Å²) in [6, 6.07) is 0.600. The van der Waals surface area contributed by atoms with Crippen LogP contribution in [0.5, 0.6) is 0 Å². The van der Waals surface area contributed by atoms with Crippen molar-refractivity contribution in [2.45, 2.75) is 57.9 Å². The third-order valence-electron chi connectivity index (χ3n) is 3.65. The van der Waals surface area contributed by atoms with Crippen LogP contribution < -0.4 is 5.32 Å². The first-order chi connectivity index (χ1) is 7.72. The lowest BCUT2D eigenvalue weighted by atomic mass is 10.1. The van der Waals surface area contributed by atoms with Gasteiger partial charge in [0.1, 0.15) is 0 Å². The van der Waals surface area contributed by atoms with E-state index < -0.39 is 10.8 Å². The third-order valence-corrected chi connectivity index (χ3v) is 5.24. The molecule has 1 fully saturated rings. The van der Waals surface area contributed by atoms with Crippen LogP contribution in [0.15, 0.2) is 0 Å². The number of rotatable bonds is 8. The first-order valence-corrected chi connectivity index (χ1v) is 8.23. The van der Waals surface area contributed by atoms with Gasteiger partial charge in [-0.2, -0.15) is 0 Å². The Labute approximate surface area is 103 Å². The van der Waals surface area contributed by atoms with E-state index in [1.165, 1.54) is 38.5 Å². The summed E-state index contributed by atoms with van der Waals surface area (Å²) in [5.74, 6) is 2.67. The molecule has 1 N–H and O–H groups in total. The highest BCUT2D eigenvalue weighted by Crippen LogP contribution is 2.25. The van der Waals surface area contributed by atoms with Gasteiger partial charge in [-0.1, -0.05) is 19.3 Å². The lowest BCUT2D eigenvalue weighted by Crippen LogP contribution is -2.21. The molecule has 0 saturated heterocycles. The Bertz CT molecular complexity index is 202. The highest BCUT2D eigenvalue weighted by molar-refractivity contribution is 7.84. The number of hydrogen-bond donors (Lipinski definition) is 1. The van der Waals surface area contributed by atoms with Crippen molar-refractivity contribution in [1.29, 1.82) is 0 Å². The summed E-state index contributed by atoms with van der Waals surface area (Å²) in [5, 5.41) is 3.24. The Morgan fingerprint density at radius 1 is 1.31 bits per heavy atom. The van der Waals surface area contributed by atoms with Crippen LogP contribution >= 0.6 is 0 Å². The lowest BCUT2D eigenvalue weighted by molar-refractivity contribution is 0.536. The maximum atomic E-state index is 11.8. The maximum absolute atomic E-state index is 11.8. The summed E-state index contributed by atoms with van der Waals surface area (Å²) in [5.41, 5.74) is 0. The summed E-state index contributed by atoms with van der Waals surface area (Å²) >= 11 is 0. The molecule has 1 aliphatic rings. The molecule has 0 aromatic heterocycles. The second kappa shape index (κ2) is 8.24. The monoisotopic (exact) mass is 245 g/mol. The van der Waals surface area contributed by atoms with Crippen molar-refractivity contribution in [3.8, 4) is 0 Å². The lowest BCUT2D eigenvalue weighted by Gasteiger charge is -2.10. The Hall–Kier alpha value is 0.110. The largest absolute Gasteiger partial charge is 0.317 e. The number of hydrogen-bond acceptors (Lipinski definition) is 2. The summed E-state index contributed by atoms with van der Waals surface area (Å²) < 4.78 is 11.8. The molecule has 0 radical (unpaired) electrons. The fraction of sp³-hybridized carbons (Fsp3) is 1.00. The van der Waals surface area contributed by atoms with Crippen LogP contribution in [-0.2, 0) is 10.8 Å². The molecule has 16 heavy (non-hydrogen) atoms. The first-order valence-electron chi connectivity index (χ1n) is 6.74. The number of nitrogens with one attached hydrogen (secondary N) is 1. The van der Waals surface area contributed by atoms with Gasteiger partial charge in [0.25, 0.3) is 0 Å². The van der Waals surface area contributed by atoms with E-state index in [4.69, 9.17) is 0 Å². The summed E-state index contributed by atoms with van der Waals surface area (Å²) in [4.78, 5) is 0. The standard InChI is InChI=1S/C13H27NOS/c1-12(14-2)7-5-6-10-16(15)11-13-8-3-4-9-13/h12-14H,3-11H2,1-2H3. The van der Waals surface area contributed by atoms with E-state index >= 15 is 0 Å². The fourth-order valence-electron chi connectivity index (χ4n) is 2.38. The molecule has 3 heteroatoms. The van der Waals surface area contributed by atoms with Crippen molar-refractivity contribution in [2.75, 3.05) is 18.6 Å². The minimum absolute atomic E-state index is 0.547. The minimum Gasteiger partial charge on any atom is -0.317 e. The molecule has 2 nitrogen and oxygen atoms in total. The van der Waals surface area contributed by atoms with Gasteiger partial charge in [0.15, 0.2) is 0 Å². The molecule has 1 rings (SSSR count). The molecule has 0 aromatic rings. The van der Waals surface area contributed by atoms with Crippen LogP contribution in [-0.4, -0.2) is 28.8 Å². The Morgan fingerprint density at radius 3 is 2.62 bits per heavy atom. The first kappa shape index (κ1) is 14.2. The topological polar surface area (TPSA) is 29.1 Å². The van der Waals surface area contributed by atoms with Crippen molar-refractivity contribution in [2.24, 2.45) is 5.92 Å². The van der Waals surface area contributed by atoms with Gasteiger partial charge < -0.3 is 5.32 Å². The van der Waals surface area contributed by atoms with Gasteiger partial charge in [-0.05, 0) is 45.6 Å². The van der Waals surface area contributed by atoms with E-state index in [2.05, 4.69) is 12.2 Å². The Morgan fingerprint density at radius 2 is 2.00 bits per heavy atom. The zero-order valence-electron chi connectivity index (χ0n) is 10.8. The van der Waals surface area contributed by atoms with Gasteiger partial charge in [0.2, 0.25) is 0 Å². The highest BCUT2D eigenvalue weighted by Gasteiger charge is 2.17. The molecule has 2 atom stereocenters. The van der Waals surface area contributed by atoms with E-state index in [-0.39, 0.29) is 0 Å². The van der Waals surface area contributed by atoms with Gasteiger partial charge >= 0.3 is 0 Å². The average Bonchev–Trinajstić information content (AvgIpc) is 2.76. The summed E-state index contributed by atoms with van der Waals surface area (Å²) in [7, 11) is 1.46. The van der Waals surface area contributed by atoms with Crippen LogP contribution in [0.2, 0.25) is 0 Å². The quantitative estimate of drug-likeness (QED) is 0.666. The van der Waals surface area contributed by atoms with Gasteiger partial charge in [-0.15, -0.1) is 0 Å². The molecule has 0 bridgehead atoms. The summed E-state index contributed by atoms with van der Waals surface area (Å²) in [6.45, 7) is 2.20. The summed E-state index contributed by atoms with van der Waals surface area (Å²) in [6.07, 6.45) is 8.91. The van der Waals surface area contributed by atoms with Gasteiger partial charge in [-0.25, -0.2) is 0 Å². The van der Waals surface area contributed by atoms with Gasteiger partial charge in [-0.3, -0.25) is 4.21 Å². The SMILES string of the molecule is CNC(C)CCCCS(=O)CC1CCCC1. The van der Waals surface area contributed by atoms with Gasteiger partial charge in [0.05, 0.1) is 0 Å². The molecule has 1 saturated carbocycles. The van der Waals surface area contributed by atoms with Crippen molar-refractivity contribution in [3.63, 3.8) is 0 Å². The highest BCUT2D eigenvalue weighted by atomic mass is 32.2. The molecule has 0 spiro atoms. The second-order valence-corrected chi connectivity index (χ2v) is 6.77. The molecular weight excluding hydrogens is 218 g/mol. The van der Waals surface area contributed by atoms with Crippen LogP contribution in [0.1, 0.15) is 51.9 Å². The molecule has 0 heterocycles. The zero-order chi connectivity index (χ0) is 11.8. The van der Waals surface area contributed by atoms with Crippen molar-refractivity contribution >= 4 is 10.8 Å². The molecule has 0 aromatic carbocycles. The average molecular weight is 245 g/mol. The molecule has 2 unspecified atom stereocenters. The van der Waals surface area contributed by atoms with Crippen LogP contribution in [0, 0.1) is 5.92 Å². The van der Waals surface area contributed by atoms with E-state index in [0.29, 0.717) is 6.04 Å². The predicted molar refractivity (Wildman–Crippen MR) is 72.2 cm³/mol. The maximum Gasteiger partial charge on any atom is 0.0263 e. The molecule has 0 aliphatic heterocycles. The van der Waals surface area contributed by atoms with Crippen molar-refractivity contribution in [3.05, 3.63) is 0 Å².